The molecule has 1 aromatic heterocycles. The van der Waals surface area contributed by atoms with Gasteiger partial charge in [-0.1, -0.05) is 20.3 Å². The van der Waals surface area contributed by atoms with Gasteiger partial charge < -0.3 is 24.5 Å². The minimum atomic E-state index is -1.13. The summed E-state index contributed by atoms with van der Waals surface area (Å²) in [6, 6.07) is 2.21. The number of nitrogens with one attached hydrogen (secondary N) is 1. The molecular weight excluding hydrogens is 352 g/mol. The van der Waals surface area contributed by atoms with Gasteiger partial charge >= 0.3 is 5.97 Å². The van der Waals surface area contributed by atoms with Crippen LogP contribution in [-0.2, 0) is 11.3 Å². The molecule has 1 aliphatic rings. The van der Waals surface area contributed by atoms with Crippen molar-refractivity contribution >= 4 is 22.8 Å². The van der Waals surface area contributed by atoms with Crippen LogP contribution in [0.4, 0.5) is 0 Å². The van der Waals surface area contributed by atoms with Gasteiger partial charge in [-0.2, -0.15) is 0 Å². The lowest BCUT2D eigenvalue weighted by Gasteiger charge is -2.20. The van der Waals surface area contributed by atoms with E-state index >= 15 is 0 Å². The number of benzene rings is 1. The topological polar surface area (TPSA) is 107 Å². The number of hydrogen-bond donors (Lipinski definition) is 2. The number of rotatable bonds is 6. The van der Waals surface area contributed by atoms with Crippen molar-refractivity contribution in [2.75, 3.05) is 6.79 Å². The summed E-state index contributed by atoms with van der Waals surface area (Å²) < 4.78 is 12.4. The fourth-order valence-corrected chi connectivity index (χ4v) is 3.11. The van der Waals surface area contributed by atoms with Crippen LogP contribution in [0.2, 0.25) is 0 Å². The molecule has 0 bridgehead atoms. The van der Waals surface area contributed by atoms with Crippen LogP contribution in [0, 0.1) is 5.92 Å². The van der Waals surface area contributed by atoms with E-state index in [9.17, 15) is 19.5 Å². The largest absolute Gasteiger partial charge is 0.480 e. The molecule has 0 saturated carbocycles. The molecule has 0 aliphatic carbocycles. The molecule has 144 valence electrons. The molecule has 1 unspecified atom stereocenters. The van der Waals surface area contributed by atoms with Crippen molar-refractivity contribution in [1.29, 1.82) is 0 Å². The van der Waals surface area contributed by atoms with Gasteiger partial charge in [0.05, 0.1) is 10.9 Å². The second-order valence-corrected chi connectivity index (χ2v) is 6.56. The van der Waals surface area contributed by atoms with Crippen LogP contribution in [0.1, 0.15) is 37.6 Å². The molecule has 0 radical (unpaired) electrons. The van der Waals surface area contributed by atoms with Gasteiger partial charge in [0.2, 0.25) is 12.2 Å². The Hall–Kier alpha value is -3.03. The van der Waals surface area contributed by atoms with Gasteiger partial charge in [0, 0.05) is 18.8 Å². The maximum atomic E-state index is 12.9. The SMILES string of the molecule is CCC(C)[C@H](NC(=O)c1cn(CC)c2cc3c(cc2c1=O)OCO3)C(=O)O. The van der Waals surface area contributed by atoms with Crippen molar-refractivity contribution < 1.29 is 24.2 Å². The third-order valence-electron chi connectivity index (χ3n) is 4.93. The van der Waals surface area contributed by atoms with E-state index in [0.717, 1.165) is 0 Å². The number of carbonyl (C=O) groups is 2. The highest BCUT2D eigenvalue weighted by Gasteiger charge is 2.27. The first-order valence-electron chi connectivity index (χ1n) is 8.87. The van der Waals surface area contributed by atoms with Gasteiger partial charge in [0.15, 0.2) is 11.5 Å². The Labute approximate surface area is 155 Å². The molecule has 8 heteroatoms. The van der Waals surface area contributed by atoms with Crippen molar-refractivity contribution in [3.05, 3.63) is 34.1 Å². The normalized spacial score (nSPS) is 14.8. The van der Waals surface area contributed by atoms with E-state index in [1.54, 1.807) is 23.6 Å². The fraction of sp³-hybridized carbons (Fsp3) is 0.421. The zero-order valence-corrected chi connectivity index (χ0v) is 15.4. The minimum Gasteiger partial charge on any atom is -0.480 e. The Bertz CT molecular complexity index is 965. The number of aliphatic carboxylic acids is 1. The van der Waals surface area contributed by atoms with Gasteiger partial charge in [-0.05, 0) is 18.9 Å². The molecule has 8 nitrogen and oxygen atoms in total. The number of pyridine rings is 1. The number of carboxylic acids is 1. The molecule has 1 aliphatic heterocycles. The first-order chi connectivity index (χ1) is 12.9. The van der Waals surface area contributed by atoms with Crippen LogP contribution < -0.4 is 20.2 Å². The van der Waals surface area contributed by atoms with Crippen molar-refractivity contribution in [1.82, 2.24) is 9.88 Å². The van der Waals surface area contributed by atoms with Crippen molar-refractivity contribution in [3.8, 4) is 11.5 Å². The van der Waals surface area contributed by atoms with E-state index in [-0.39, 0.29) is 18.3 Å². The lowest BCUT2D eigenvalue weighted by atomic mass is 9.99. The Balaban J connectivity index is 2.07. The quantitative estimate of drug-likeness (QED) is 0.801. The molecule has 3 rings (SSSR count). The number of hydrogen-bond acceptors (Lipinski definition) is 5. The Morgan fingerprint density at radius 1 is 1.26 bits per heavy atom. The van der Waals surface area contributed by atoms with Gasteiger partial charge in [-0.3, -0.25) is 9.59 Å². The predicted molar refractivity (Wildman–Crippen MR) is 98.4 cm³/mol. The number of aromatic nitrogens is 1. The summed E-state index contributed by atoms with van der Waals surface area (Å²) in [4.78, 5) is 37.1. The van der Waals surface area contributed by atoms with Crippen LogP contribution in [0.3, 0.4) is 0 Å². The van der Waals surface area contributed by atoms with E-state index in [2.05, 4.69) is 5.32 Å². The van der Waals surface area contributed by atoms with Crippen molar-refractivity contribution in [2.45, 2.75) is 39.8 Å². The third kappa shape index (κ3) is 3.34. The summed E-state index contributed by atoms with van der Waals surface area (Å²) >= 11 is 0. The molecule has 27 heavy (non-hydrogen) atoms. The minimum absolute atomic E-state index is 0.0779. The van der Waals surface area contributed by atoms with E-state index < -0.39 is 23.3 Å². The number of carboxylic acid groups (broad SMARTS) is 1. The molecular formula is C19H22N2O6. The monoisotopic (exact) mass is 374 g/mol. The number of amides is 1. The van der Waals surface area contributed by atoms with E-state index in [1.807, 2.05) is 13.8 Å². The number of nitrogens with zero attached hydrogens (tertiary/aromatic N) is 1. The molecule has 0 fully saturated rings. The Kier molecular flexibility index (Phi) is 5.07. The summed E-state index contributed by atoms with van der Waals surface area (Å²) in [7, 11) is 0. The predicted octanol–water partition coefficient (Wildman–Crippen LogP) is 1.98. The highest BCUT2D eigenvalue weighted by molar-refractivity contribution is 5.99. The van der Waals surface area contributed by atoms with Gasteiger partial charge in [0.1, 0.15) is 11.6 Å². The zero-order valence-electron chi connectivity index (χ0n) is 15.4. The summed E-state index contributed by atoms with van der Waals surface area (Å²) in [5, 5.41) is 12.2. The second-order valence-electron chi connectivity index (χ2n) is 6.56. The second kappa shape index (κ2) is 7.30. The molecule has 2 heterocycles. The molecule has 0 spiro atoms. The van der Waals surface area contributed by atoms with Crippen LogP contribution in [0.25, 0.3) is 10.9 Å². The standard InChI is InChI=1S/C19H22N2O6/c1-4-10(3)16(19(24)25)20-18(23)12-8-21(5-2)13-7-15-14(26-9-27-15)6-11(13)17(12)22/h6-8,10,16H,4-5,9H2,1-3H3,(H,20,23)(H,24,25)/t10?,16-/m0/s1. The number of carbonyl (C=O) groups excluding carboxylic acids is 1. The van der Waals surface area contributed by atoms with Crippen molar-refractivity contribution in [2.24, 2.45) is 5.92 Å². The summed E-state index contributed by atoms with van der Waals surface area (Å²) in [5.41, 5.74) is 0.0524. The van der Waals surface area contributed by atoms with E-state index in [4.69, 9.17) is 9.47 Å². The van der Waals surface area contributed by atoms with Crippen molar-refractivity contribution in [3.63, 3.8) is 0 Å². The average molecular weight is 374 g/mol. The van der Waals surface area contributed by atoms with Crippen LogP contribution >= 0.6 is 0 Å². The summed E-state index contributed by atoms with van der Waals surface area (Å²) in [6.45, 7) is 6.06. The molecule has 0 saturated heterocycles. The average Bonchev–Trinajstić information content (AvgIpc) is 3.11. The lowest BCUT2D eigenvalue weighted by Crippen LogP contribution is -2.46. The maximum absolute atomic E-state index is 12.9. The first-order valence-corrected chi connectivity index (χ1v) is 8.87. The Morgan fingerprint density at radius 2 is 1.93 bits per heavy atom. The maximum Gasteiger partial charge on any atom is 0.326 e. The summed E-state index contributed by atoms with van der Waals surface area (Å²) in [6.07, 6.45) is 2.04. The van der Waals surface area contributed by atoms with Crippen LogP contribution in [0.15, 0.2) is 23.1 Å². The molecule has 1 amide bonds. The zero-order chi connectivity index (χ0) is 19.7. The summed E-state index contributed by atoms with van der Waals surface area (Å²) in [5.74, 6) is -1.10. The first kappa shape index (κ1) is 18.8. The highest BCUT2D eigenvalue weighted by atomic mass is 16.7. The van der Waals surface area contributed by atoms with E-state index in [1.165, 1.54) is 6.20 Å². The van der Waals surface area contributed by atoms with Crippen LogP contribution in [0.5, 0.6) is 11.5 Å². The smallest absolute Gasteiger partial charge is 0.326 e. The lowest BCUT2D eigenvalue weighted by molar-refractivity contribution is -0.140. The molecule has 2 N–H and O–H groups in total. The number of fused-ring (bicyclic) bond motifs is 2. The van der Waals surface area contributed by atoms with Gasteiger partial charge in [-0.25, -0.2) is 4.79 Å². The fourth-order valence-electron chi connectivity index (χ4n) is 3.11. The van der Waals surface area contributed by atoms with Gasteiger partial charge in [-0.15, -0.1) is 0 Å². The molecule has 1 aromatic carbocycles. The third-order valence-corrected chi connectivity index (χ3v) is 4.93. The molecule has 2 aromatic rings. The molecule has 2 atom stereocenters. The van der Waals surface area contributed by atoms with E-state index in [0.29, 0.717) is 35.4 Å². The number of aryl methyl sites for hydroxylation is 1. The highest BCUT2D eigenvalue weighted by Crippen LogP contribution is 2.35. The number of ether oxygens (including phenoxy) is 2. The van der Waals surface area contributed by atoms with Gasteiger partial charge in [0.25, 0.3) is 5.91 Å². The van der Waals surface area contributed by atoms with Crippen LogP contribution in [-0.4, -0.2) is 34.4 Å². The Morgan fingerprint density at radius 3 is 2.52 bits per heavy atom.